The van der Waals surface area contributed by atoms with Gasteiger partial charge in [0, 0.05) is 0 Å². The molecule has 0 saturated heterocycles. The van der Waals surface area contributed by atoms with Crippen molar-refractivity contribution < 1.29 is 19.7 Å². The van der Waals surface area contributed by atoms with Crippen molar-refractivity contribution in [2.45, 2.75) is 25.6 Å². The van der Waals surface area contributed by atoms with Crippen LogP contribution >= 0.6 is 0 Å². The highest BCUT2D eigenvalue weighted by atomic mass is 28.3. The first-order valence-electron chi connectivity index (χ1n) is 4.47. The Balaban J connectivity index is 3.88. The van der Waals surface area contributed by atoms with Crippen molar-refractivity contribution in [3.05, 3.63) is 0 Å². The molecule has 0 aliphatic carbocycles. The second-order valence-corrected chi connectivity index (χ2v) is 9.09. The maximum absolute atomic E-state index is 8.59. The number of hydrogen-bond acceptors (Lipinski definition) is 4. The molecule has 0 rings (SSSR count). The van der Waals surface area contributed by atoms with Crippen LogP contribution in [0.2, 0.25) is 19.6 Å². The zero-order valence-corrected chi connectivity index (χ0v) is 9.62. The van der Waals surface area contributed by atoms with Gasteiger partial charge < -0.3 is 19.7 Å². The minimum absolute atomic E-state index is 0.00344. The lowest BCUT2D eigenvalue weighted by atomic mass is 10.8. The Morgan fingerprint density at radius 2 is 1.38 bits per heavy atom. The molecule has 0 aromatic heterocycles. The molecule has 0 bridgehead atoms. The lowest BCUT2D eigenvalue weighted by Gasteiger charge is -2.28. The number of hydrogen-bond donors (Lipinski definition) is 2. The number of ether oxygens (including phenoxy) is 2. The van der Waals surface area contributed by atoms with Gasteiger partial charge in [0.25, 0.3) is 0 Å². The van der Waals surface area contributed by atoms with Crippen LogP contribution in [0.3, 0.4) is 0 Å². The third-order valence-corrected chi connectivity index (χ3v) is 3.18. The topological polar surface area (TPSA) is 58.9 Å². The molecular weight excluding hydrogens is 188 g/mol. The SMILES string of the molecule is C[Si](C)(C)C(OCCO)OCCO. The molecule has 0 radical (unpaired) electrons. The van der Waals surface area contributed by atoms with Crippen LogP contribution < -0.4 is 0 Å². The Morgan fingerprint density at radius 1 is 1.00 bits per heavy atom. The zero-order chi connectivity index (χ0) is 10.3. The zero-order valence-electron chi connectivity index (χ0n) is 8.62. The van der Waals surface area contributed by atoms with Crippen LogP contribution in [-0.2, 0) is 9.47 Å². The Morgan fingerprint density at radius 3 is 1.62 bits per heavy atom. The highest BCUT2D eigenvalue weighted by Crippen LogP contribution is 2.12. The van der Waals surface area contributed by atoms with Gasteiger partial charge in [-0.15, -0.1) is 0 Å². The molecule has 0 aromatic rings. The van der Waals surface area contributed by atoms with Gasteiger partial charge in [-0.25, -0.2) is 0 Å². The molecule has 0 saturated carbocycles. The molecule has 0 unspecified atom stereocenters. The maximum Gasteiger partial charge on any atom is 0.141 e. The Hall–Kier alpha value is 0.0569. The molecule has 0 spiro atoms. The molecule has 0 atom stereocenters. The molecule has 5 heteroatoms. The van der Waals surface area contributed by atoms with Crippen LogP contribution in [0.15, 0.2) is 0 Å². The van der Waals surface area contributed by atoms with Gasteiger partial charge in [0.1, 0.15) is 14.0 Å². The summed E-state index contributed by atoms with van der Waals surface area (Å²) in [5.74, 6) is -0.244. The van der Waals surface area contributed by atoms with Crippen LogP contribution in [0.1, 0.15) is 0 Å². The highest BCUT2D eigenvalue weighted by molar-refractivity contribution is 6.76. The Bertz CT molecular complexity index is 116. The standard InChI is InChI=1S/C8H20O4Si/c1-13(2,3)8(11-6-4-9)12-7-5-10/h8-10H,4-7H2,1-3H3. The third-order valence-electron chi connectivity index (χ3n) is 1.43. The van der Waals surface area contributed by atoms with E-state index in [1.807, 2.05) is 0 Å². The summed E-state index contributed by atoms with van der Waals surface area (Å²) in [4.78, 5) is 0. The Labute approximate surface area is 80.5 Å². The van der Waals surface area contributed by atoms with E-state index < -0.39 is 8.07 Å². The second kappa shape index (κ2) is 6.50. The first-order chi connectivity index (χ1) is 6.02. The molecule has 2 N–H and O–H groups in total. The van der Waals surface area contributed by atoms with Crippen LogP contribution in [0, 0.1) is 0 Å². The summed E-state index contributed by atoms with van der Waals surface area (Å²) in [5.41, 5.74) is 0. The van der Waals surface area contributed by atoms with E-state index in [4.69, 9.17) is 19.7 Å². The number of rotatable bonds is 7. The second-order valence-electron chi connectivity index (χ2n) is 3.89. The quantitative estimate of drug-likeness (QED) is 0.464. The van der Waals surface area contributed by atoms with Crippen molar-refractivity contribution in [3.63, 3.8) is 0 Å². The first-order valence-corrected chi connectivity index (χ1v) is 8.05. The van der Waals surface area contributed by atoms with E-state index >= 15 is 0 Å². The molecule has 80 valence electrons. The number of aliphatic hydroxyl groups excluding tert-OH is 2. The lowest BCUT2D eigenvalue weighted by molar-refractivity contribution is -0.108. The van der Waals surface area contributed by atoms with Gasteiger partial charge in [0.15, 0.2) is 0 Å². The van der Waals surface area contributed by atoms with Gasteiger partial charge >= 0.3 is 0 Å². The average Bonchev–Trinajstić information content (AvgIpc) is 2.02. The normalized spacial score (nSPS) is 12.5. The first kappa shape index (κ1) is 13.1. The predicted molar refractivity (Wildman–Crippen MR) is 53.2 cm³/mol. The van der Waals surface area contributed by atoms with Crippen molar-refractivity contribution in [1.82, 2.24) is 0 Å². The van der Waals surface area contributed by atoms with Crippen molar-refractivity contribution >= 4 is 8.07 Å². The Kier molecular flexibility index (Phi) is 6.53. The van der Waals surface area contributed by atoms with Crippen LogP contribution in [0.4, 0.5) is 0 Å². The van der Waals surface area contributed by atoms with Gasteiger partial charge in [-0.1, -0.05) is 19.6 Å². The van der Waals surface area contributed by atoms with Gasteiger partial charge in [0.2, 0.25) is 0 Å². The van der Waals surface area contributed by atoms with E-state index in [0.29, 0.717) is 13.2 Å². The molecule has 0 aromatic carbocycles. The molecule has 0 aliphatic heterocycles. The minimum Gasteiger partial charge on any atom is -0.394 e. The van der Waals surface area contributed by atoms with E-state index in [1.165, 1.54) is 0 Å². The fourth-order valence-electron chi connectivity index (χ4n) is 0.868. The summed E-state index contributed by atoms with van der Waals surface area (Å²) in [6.45, 7) is 6.94. The largest absolute Gasteiger partial charge is 0.394 e. The van der Waals surface area contributed by atoms with E-state index in [-0.39, 0.29) is 19.1 Å². The summed E-state index contributed by atoms with van der Waals surface area (Å²) in [6.07, 6.45) is 0. The molecule has 4 nitrogen and oxygen atoms in total. The van der Waals surface area contributed by atoms with Crippen molar-refractivity contribution in [3.8, 4) is 0 Å². The molecule has 0 fully saturated rings. The summed E-state index contributed by atoms with van der Waals surface area (Å²) in [7, 11) is -1.53. The predicted octanol–water partition coefficient (Wildman–Crippen LogP) is 0.208. The van der Waals surface area contributed by atoms with Crippen LogP contribution in [0.25, 0.3) is 0 Å². The summed E-state index contributed by atoms with van der Waals surface area (Å²) in [5, 5.41) is 17.2. The van der Waals surface area contributed by atoms with Crippen LogP contribution in [0.5, 0.6) is 0 Å². The summed E-state index contributed by atoms with van der Waals surface area (Å²) < 4.78 is 10.7. The van der Waals surface area contributed by atoms with Gasteiger partial charge in [-0.2, -0.15) is 0 Å². The highest BCUT2D eigenvalue weighted by Gasteiger charge is 2.28. The van der Waals surface area contributed by atoms with E-state index in [0.717, 1.165) is 0 Å². The van der Waals surface area contributed by atoms with Gasteiger partial charge in [-0.05, 0) is 0 Å². The number of aliphatic hydroxyl groups is 2. The smallest absolute Gasteiger partial charge is 0.141 e. The van der Waals surface area contributed by atoms with E-state index in [2.05, 4.69) is 19.6 Å². The summed E-state index contributed by atoms with van der Waals surface area (Å²) >= 11 is 0. The molecule has 0 aliphatic rings. The minimum atomic E-state index is -1.53. The summed E-state index contributed by atoms with van der Waals surface area (Å²) in [6, 6.07) is 0. The van der Waals surface area contributed by atoms with E-state index in [1.54, 1.807) is 0 Å². The fraction of sp³-hybridized carbons (Fsp3) is 1.00. The maximum atomic E-state index is 8.59. The molecule has 0 heterocycles. The molecule has 0 amide bonds. The molecular formula is C8H20O4Si. The lowest BCUT2D eigenvalue weighted by Crippen LogP contribution is -2.43. The average molecular weight is 208 g/mol. The van der Waals surface area contributed by atoms with Gasteiger partial charge in [0.05, 0.1) is 26.4 Å². The van der Waals surface area contributed by atoms with Crippen LogP contribution in [-0.4, -0.2) is 50.6 Å². The third kappa shape index (κ3) is 6.17. The van der Waals surface area contributed by atoms with Crippen molar-refractivity contribution in [1.29, 1.82) is 0 Å². The van der Waals surface area contributed by atoms with Gasteiger partial charge in [-0.3, -0.25) is 0 Å². The van der Waals surface area contributed by atoms with E-state index in [9.17, 15) is 0 Å². The van der Waals surface area contributed by atoms with Crippen molar-refractivity contribution in [2.75, 3.05) is 26.4 Å². The fourth-order valence-corrected chi connectivity index (χ4v) is 2.10. The van der Waals surface area contributed by atoms with Crippen molar-refractivity contribution in [2.24, 2.45) is 0 Å². The molecule has 13 heavy (non-hydrogen) atoms. The monoisotopic (exact) mass is 208 g/mol.